The van der Waals surface area contributed by atoms with Gasteiger partial charge in [-0.2, -0.15) is 0 Å². The minimum atomic E-state index is 0.422. The van der Waals surface area contributed by atoms with E-state index >= 15 is 0 Å². The van der Waals surface area contributed by atoms with E-state index in [-0.39, 0.29) is 0 Å². The second-order valence-corrected chi connectivity index (χ2v) is 6.90. The fourth-order valence-electron chi connectivity index (χ4n) is 3.09. The summed E-state index contributed by atoms with van der Waals surface area (Å²) < 4.78 is 0. The van der Waals surface area contributed by atoms with Crippen molar-refractivity contribution in [1.29, 1.82) is 0 Å². The first kappa shape index (κ1) is 15.9. The maximum atomic E-state index is 5.67. The van der Waals surface area contributed by atoms with E-state index in [2.05, 4.69) is 37.7 Å². The van der Waals surface area contributed by atoms with E-state index in [1.165, 1.54) is 45.3 Å². The molecule has 1 unspecified atom stereocenters. The summed E-state index contributed by atoms with van der Waals surface area (Å²) in [5.74, 6) is 0. The van der Waals surface area contributed by atoms with Crippen LogP contribution in [0.25, 0.3) is 0 Å². The third kappa shape index (κ3) is 5.68. The first-order valence-corrected chi connectivity index (χ1v) is 7.53. The maximum absolute atomic E-state index is 5.67. The molecule has 0 spiro atoms. The summed E-state index contributed by atoms with van der Waals surface area (Å²) in [5, 5.41) is 0. The molecule has 1 aliphatic rings. The van der Waals surface area contributed by atoms with Crippen LogP contribution in [-0.2, 0) is 0 Å². The molecule has 1 heterocycles. The van der Waals surface area contributed by atoms with Gasteiger partial charge in [0.2, 0.25) is 0 Å². The van der Waals surface area contributed by atoms with E-state index in [4.69, 9.17) is 5.73 Å². The topological polar surface area (TPSA) is 32.5 Å². The highest BCUT2D eigenvalue weighted by Crippen LogP contribution is 2.27. The lowest BCUT2D eigenvalue weighted by atomic mass is 9.84. The van der Waals surface area contributed by atoms with Crippen molar-refractivity contribution in [2.75, 3.05) is 40.3 Å². The van der Waals surface area contributed by atoms with Crippen LogP contribution >= 0.6 is 0 Å². The van der Waals surface area contributed by atoms with Crippen molar-refractivity contribution in [2.45, 2.75) is 52.0 Å². The van der Waals surface area contributed by atoms with Crippen LogP contribution < -0.4 is 5.73 Å². The number of nitrogens with two attached hydrogens (primary N) is 1. The van der Waals surface area contributed by atoms with E-state index in [0.717, 1.165) is 19.0 Å². The van der Waals surface area contributed by atoms with Crippen molar-refractivity contribution in [3.8, 4) is 0 Å². The van der Waals surface area contributed by atoms with Gasteiger partial charge >= 0.3 is 0 Å². The van der Waals surface area contributed by atoms with Gasteiger partial charge in [-0.3, -0.25) is 4.90 Å². The molecule has 0 aliphatic carbocycles. The van der Waals surface area contributed by atoms with Crippen LogP contribution in [0.4, 0.5) is 0 Å². The Kier molecular flexibility index (Phi) is 6.61. The second kappa shape index (κ2) is 7.46. The highest BCUT2D eigenvalue weighted by atomic mass is 15.2. The Morgan fingerprint density at radius 2 is 2.00 bits per heavy atom. The number of likely N-dealkylation sites (N-methyl/N-ethyl adjacent to an activating group) is 1. The van der Waals surface area contributed by atoms with Crippen molar-refractivity contribution in [2.24, 2.45) is 11.1 Å². The number of hydrogen-bond acceptors (Lipinski definition) is 3. The smallest absolute Gasteiger partial charge is 0.0223 e. The molecule has 3 heteroatoms. The zero-order valence-electron chi connectivity index (χ0n) is 12.9. The number of rotatable bonds is 8. The average molecular weight is 255 g/mol. The van der Waals surface area contributed by atoms with Crippen molar-refractivity contribution in [3.63, 3.8) is 0 Å². The third-order valence-electron chi connectivity index (χ3n) is 4.19. The minimum absolute atomic E-state index is 0.422. The molecule has 0 amide bonds. The molecule has 108 valence electrons. The van der Waals surface area contributed by atoms with Crippen LogP contribution in [-0.4, -0.2) is 56.1 Å². The van der Waals surface area contributed by atoms with E-state index in [1.54, 1.807) is 0 Å². The first-order chi connectivity index (χ1) is 8.44. The van der Waals surface area contributed by atoms with Gasteiger partial charge in [-0.15, -0.1) is 0 Å². The first-order valence-electron chi connectivity index (χ1n) is 7.53. The molecule has 1 aliphatic heterocycles. The highest BCUT2D eigenvalue weighted by molar-refractivity contribution is 4.81. The molecule has 1 atom stereocenters. The predicted octanol–water partition coefficient (Wildman–Crippen LogP) is 2.17. The molecule has 0 bridgehead atoms. The maximum Gasteiger partial charge on any atom is 0.0223 e. The van der Waals surface area contributed by atoms with E-state index in [9.17, 15) is 0 Å². The Hall–Kier alpha value is -0.120. The lowest BCUT2D eigenvalue weighted by Gasteiger charge is -2.29. The number of hydrogen-bond donors (Lipinski definition) is 1. The summed E-state index contributed by atoms with van der Waals surface area (Å²) in [4.78, 5) is 5.01. The zero-order valence-corrected chi connectivity index (χ0v) is 12.9. The van der Waals surface area contributed by atoms with Crippen LogP contribution in [0.5, 0.6) is 0 Å². The van der Waals surface area contributed by atoms with Gasteiger partial charge in [-0.05, 0) is 71.2 Å². The molecule has 18 heavy (non-hydrogen) atoms. The van der Waals surface area contributed by atoms with Crippen molar-refractivity contribution in [3.05, 3.63) is 0 Å². The largest absolute Gasteiger partial charge is 0.330 e. The Labute approximate surface area is 114 Å². The summed E-state index contributed by atoms with van der Waals surface area (Å²) in [5.41, 5.74) is 6.09. The van der Waals surface area contributed by atoms with Crippen molar-refractivity contribution in [1.82, 2.24) is 9.80 Å². The third-order valence-corrected chi connectivity index (χ3v) is 4.19. The summed E-state index contributed by atoms with van der Waals surface area (Å²) in [6.45, 7) is 9.30. The SMILES string of the molecule is CN(C)CC1CCCN1CCCC(C)(C)CCN. The van der Waals surface area contributed by atoms with Crippen LogP contribution in [0.1, 0.15) is 46.0 Å². The van der Waals surface area contributed by atoms with E-state index < -0.39 is 0 Å². The van der Waals surface area contributed by atoms with Gasteiger partial charge in [0.05, 0.1) is 0 Å². The number of likely N-dealkylation sites (tertiary alicyclic amines) is 1. The normalized spacial score (nSPS) is 22.0. The highest BCUT2D eigenvalue weighted by Gasteiger charge is 2.25. The van der Waals surface area contributed by atoms with Gasteiger partial charge in [0, 0.05) is 12.6 Å². The van der Waals surface area contributed by atoms with Gasteiger partial charge in [-0.25, -0.2) is 0 Å². The molecule has 0 saturated carbocycles. The Balaban J connectivity index is 2.25. The summed E-state index contributed by atoms with van der Waals surface area (Å²) in [7, 11) is 4.36. The molecule has 1 rings (SSSR count). The van der Waals surface area contributed by atoms with Crippen LogP contribution in [0.15, 0.2) is 0 Å². The van der Waals surface area contributed by atoms with Crippen molar-refractivity contribution < 1.29 is 0 Å². The van der Waals surface area contributed by atoms with Gasteiger partial charge in [0.1, 0.15) is 0 Å². The molecule has 0 aromatic heterocycles. The fourth-order valence-corrected chi connectivity index (χ4v) is 3.09. The van der Waals surface area contributed by atoms with Crippen LogP contribution in [0.3, 0.4) is 0 Å². The van der Waals surface area contributed by atoms with Crippen LogP contribution in [0.2, 0.25) is 0 Å². The van der Waals surface area contributed by atoms with Crippen molar-refractivity contribution >= 4 is 0 Å². The average Bonchev–Trinajstić information content (AvgIpc) is 2.64. The Bertz CT molecular complexity index is 226. The molecule has 0 aromatic rings. The van der Waals surface area contributed by atoms with Gasteiger partial charge in [0.25, 0.3) is 0 Å². The molecule has 3 nitrogen and oxygen atoms in total. The quantitative estimate of drug-likeness (QED) is 0.721. The molecule has 2 N–H and O–H groups in total. The summed E-state index contributed by atoms with van der Waals surface area (Å²) in [6, 6.07) is 0.789. The molecule has 0 radical (unpaired) electrons. The minimum Gasteiger partial charge on any atom is -0.330 e. The summed E-state index contributed by atoms with van der Waals surface area (Å²) >= 11 is 0. The van der Waals surface area contributed by atoms with E-state index in [1.807, 2.05) is 0 Å². The monoisotopic (exact) mass is 255 g/mol. The van der Waals surface area contributed by atoms with Gasteiger partial charge in [-0.1, -0.05) is 13.8 Å². The molecule has 1 saturated heterocycles. The van der Waals surface area contributed by atoms with Gasteiger partial charge in [0.15, 0.2) is 0 Å². The predicted molar refractivity (Wildman–Crippen MR) is 79.8 cm³/mol. The number of nitrogens with zero attached hydrogens (tertiary/aromatic N) is 2. The Morgan fingerprint density at radius 3 is 2.61 bits per heavy atom. The molecule has 1 fully saturated rings. The van der Waals surface area contributed by atoms with Crippen LogP contribution in [0, 0.1) is 5.41 Å². The Morgan fingerprint density at radius 1 is 1.28 bits per heavy atom. The van der Waals surface area contributed by atoms with E-state index in [0.29, 0.717) is 5.41 Å². The standard InChI is InChI=1S/C15H33N3/c1-15(2,9-10-16)8-6-12-18-11-5-7-14(18)13-17(3)4/h14H,5-13,16H2,1-4H3. The molecular weight excluding hydrogens is 222 g/mol. The lowest BCUT2D eigenvalue weighted by Crippen LogP contribution is -2.38. The second-order valence-electron chi connectivity index (χ2n) is 6.90. The summed E-state index contributed by atoms with van der Waals surface area (Å²) in [6.07, 6.45) is 6.52. The fraction of sp³-hybridized carbons (Fsp3) is 1.00. The molecular formula is C15H33N3. The zero-order chi connectivity index (χ0) is 13.6. The lowest BCUT2D eigenvalue weighted by molar-refractivity contribution is 0.191. The van der Waals surface area contributed by atoms with Gasteiger partial charge < -0.3 is 10.6 Å². The molecule has 0 aromatic carbocycles.